The van der Waals surface area contributed by atoms with Crippen molar-refractivity contribution < 1.29 is 19.1 Å². The molecule has 0 bridgehead atoms. The van der Waals surface area contributed by atoms with Crippen LogP contribution in [-0.4, -0.2) is 30.5 Å². The summed E-state index contributed by atoms with van der Waals surface area (Å²) in [5.41, 5.74) is 2.12. The molecule has 0 saturated heterocycles. The lowest BCUT2D eigenvalue weighted by Crippen LogP contribution is -2.26. The van der Waals surface area contributed by atoms with Crippen LogP contribution in [0.1, 0.15) is 41.6 Å². The van der Waals surface area contributed by atoms with E-state index in [9.17, 15) is 14.4 Å². The molecule has 2 aromatic carbocycles. The second-order valence-electron chi connectivity index (χ2n) is 6.97. The van der Waals surface area contributed by atoms with E-state index in [4.69, 9.17) is 4.74 Å². The maximum Gasteiger partial charge on any atom is 0.407 e. The normalized spacial score (nSPS) is 12.7. The molecule has 3 rings (SSSR count). The topological polar surface area (TPSA) is 96.5 Å². The van der Waals surface area contributed by atoms with Gasteiger partial charge in [-0.2, -0.15) is 0 Å². The molecule has 0 radical (unpaired) electrons. The lowest BCUT2D eigenvalue weighted by Gasteiger charge is -2.08. The molecule has 0 spiro atoms. The second-order valence-corrected chi connectivity index (χ2v) is 6.97. The van der Waals surface area contributed by atoms with Crippen molar-refractivity contribution in [3.63, 3.8) is 0 Å². The van der Waals surface area contributed by atoms with E-state index >= 15 is 0 Å². The third-order valence-electron chi connectivity index (χ3n) is 4.41. The number of hydrogen-bond acceptors (Lipinski definition) is 4. The minimum Gasteiger partial charge on any atom is -0.445 e. The molecule has 0 aromatic heterocycles. The zero-order chi connectivity index (χ0) is 20.5. The van der Waals surface area contributed by atoms with Crippen LogP contribution >= 0.6 is 0 Å². The van der Waals surface area contributed by atoms with Gasteiger partial charge in [-0.15, -0.1) is 0 Å². The van der Waals surface area contributed by atoms with Crippen LogP contribution < -0.4 is 16.0 Å². The van der Waals surface area contributed by atoms with E-state index in [0.717, 1.165) is 18.4 Å². The van der Waals surface area contributed by atoms with Gasteiger partial charge < -0.3 is 20.7 Å². The summed E-state index contributed by atoms with van der Waals surface area (Å²) in [5.74, 6) is -0.241. The molecule has 0 aliphatic heterocycles. The fourth-order valence-corrected chi connectivity index (χ4v) is 2.64. The van der Waals surface area contributed by atoms with Crippen LogP contribution in [0, 0.1) is 0 Å². The average Bonchev–Trinajstić information content (AvgIpc) is 3.55. The molecule has 1 saturated carbocycles. The maximum absolute atomic E-state index is 12.0. The third-order valence-corrected chi connectivity index (χ3v) is 4.41. The summed E-state index contributed by atoms with van der Waals surface area (Å²) in [5, 5.41) is 8.33. The van der Waals surface area contributed by atoms with Crippen molar-refractivity contribution in [2.75, 3.05) is 11.9 Å². The molecule has 3 amide bonds. The zero-order valence-electron chi connectivity index (χ0n) is 16.1. The molecule has 2 aromatic rings. The van der Waals surface area contributed by atoms with Crippen LogP contribution in [-0.2, 0) is 16.1 Å². The molecule has 1 aliphatic carbocycles. The van der Waals surface area contributed by atoms with Gasteiger partial charge in [-0.3, -0.25) is 9.59 Å². The Labute approximate surface area is 169 Å². The molecule has 0 atom stereocenters. The summed E-state index contributed by atoms with van der Waals surface area (Å²) in [6.45, 7) is 0.559. The van der Waals surface area contributed by atoms with Gasteiger partial charge in [-0.25, -0.2) is 4.79 Å². The summed E-state index contributed by atoms with van der Waals surface area (Å²) in [7, 11) is 0. The van der Waals surface area contributed by atoms with Gasteiger partial charge >= 0.3 is 6.09 Å². The first-order chi connectivity index (χ1) is 14.1. The molecule has 152 valence electrons. The van der Waals surface area contributed by atoms with Crippen molar-refractivity contribution in [1.29, 1.82) is 0 Å². The number of benzene rings is 2. The van der Waals surface area contributed by atoms with Crippen LogP contribution in [0.15, 0.2) is 54.6 Å². The highest BCUT2D eigenvalue weighted by atomic mass is 16.5. The molecule has 0 unspecified atom stereocenters. The Balaban J connectivity index is 1.29. The van der Waals surface area contributed by atoms with Gasteiger partial charge in [-0.1, -0.05) is 30.3 Å². The van der Waals surface area contributed by atoms with Crippen LogP contribution in [0.3, 0.4) is 0 Å². The SMILES string of the molecule is O=C(CCCNC(=O)OCc1ccccc1)Nc1ccc(C(=O)NC2CC2)cc1. The van der Waals surface area contributed by atoms with Crippen molar-refractivity contribution >= 4 is 23.6 Å². The molecule has 1 fully saturated rings. The lowest BCUT2D eigenvalue weighted by atomic mass is 10.2. The van der Waals surface area contributed by atoms with Crippen LogP contribution in [0.5, 0.6) is 0 Å². The van der Waals surface area contributed by atoms with E-state index in [2.05, 4.69) is 16.0 Å². The minimum absolute atomic E-state index is 0.0874. The van der Waals surface area contributed by atoms with Crippen LogP contribution in [0.2, 0.25) is 0 Å². The molecule has 7 nitrogen and oxygen atoms in total. The monoisotopic (exact) mass is 395 g/mol. The van der Waals surface area contributed by atoms with Crippen molar-refractivity contribution in [2.45, 2.75) is 38.3 Å². The highest BCUT2D eigenvalue weighted by Gasteiger charge is 2.23. The Morgan fingerprint density at radius 3 is 2.38 bits per heavy atom. The van der Waals surface area contributed by atoms with Gasteiger partial charge in [0, 0.05) is 30.3 Å². The molecular formula is C22H25N3O4. The number of amides is 3. The lowest BCUT2D eigenvalue weighted by molar-refractivity contribution is -0.116. The second kappa shape index (κ2) is 10.3. The number of nitrogens with one attached hydrogen (secondary N) is 3. The molecule has 0 heterocycles. The number of rotatable bonds is 9. The number of alkyl carbamates (subject to hydrolysis) is 1. The van der Waals surface area contributed by atoms with E-state index < -0.39 is 6.09 Å². The minimum atomic E-state index is -0.505. The highest BCUT2D eigenvalue weighted by Crippen LogP contribution is 2.19. The highest BCUT2D eigenvalue weighted by molar-refractivity contribution is 5.96. The zero-order valence-corrected chi connectivity index (χ0v) is 16.1. The van der Waals surface area contributed by atoms with Crippen molar-refractivity contribution in [2.24, 2.45) is 0 Å². The number of carbonyl (C=O) groups excluding carboxylic acids is 3. The number of ether oxygens (including phenoxy) is 1. The summed E-state index contributed by atoms with van der Waals surface area (Å²) < 4.78 is 5.11. The summed E-state index contributed by atoms with van der Waals surface area (Å²) >= 11 is 0. The van der Waals surface area contributed by atoms with Gasteiger partial charge in [0.2, 0.25) is 5.91 Å². The Bertz CT molecular complexity index is 833. The first-order valence-corrected chi connectivity index (χ1v) is 9.75. The van der Waals surface area contributed by atoms with Crippen LogP contribution in [0.25, 0.3) is 0 Å². The summed E-state index contributed by atoms with van der Waals surface area (Å²) in [6, 6.07) is 16.5. The fraction of sp³-hybridized carbons (Fsp3) is 0.318. The predicted octanol–water partition coefficient (Wildman–Crippen LogP) is 3.22. The first-order valence-electron chi connectivity index (χ1n) is 9.75. The average molecular weight is 395 g/mol. The van der Waals surface area contributed by atoms with Crippen molar-refractivity contribution in [3.8, 4) is 0 Å². The molecular weight excluding hydrogens is 370 g/mol. The van der Waals surface area contributed by atoms with Gasteiger partial charge in [0.15, 0.2) is 0 Å². The fourth-order valence-electron chi connectivity index (χ4n) is 2.64. The van der Waals surface area contributed by atoms with Gasteiger partial charge in [0.25, 0.3) is 5.91 Å². The number of anilines is 1. The maximum atomic E-state index is 12.0. The number of carbonyl (C=O) groups is 3. The van der Waals surface area contributed by atoms with E-state index in [-0.39, 0.29) is 24.8 Å². The molecule has 7 heteroatoms. The predicted molar refractivity (Wildman–Crippen MR) is 109 cm³/mol. The van der Waals surface area contributed by atoms with E-state index in [1.54, 1.807) is 24.3 Å². The standard InChI is InChI=1S/C22H25N3O4/c26-20(7-4-14-23-22(28)29-15-16-5-2-1-3-6-16)24-18-10-8-17(9-11-18)21(27)25-19-12-13-19/h1-3,5-6,8-11,19H,4,7,12-15H2,(H,23,28)(H,24,26)(H,25,27). The van der Waals surface area contributed by atoms with Crippen molar-refractivity contribution in [3.05, 3.63) is 65.7 Å². The largest absolute Gasteiger partial charge is 0.445 e. The Hall–Kier alpha value is -3.35. The van der Waals surface area contributed by atoms with E-state index in [1.165, 1.54) is 0 Å². The Morgan fingerprint density at radius 2 is 1.69 bits per heavy atom. The van der Waals surface area contributed by atoms with Gasteiger partial charge in [-0.05, 0) is 49.1 Å². The van der Waals surface area contributed by atoms with Gasteiger partial charge in [0.05, 0.1) is 0 Å². The van der Waals surface area contributed by atoms with Crippen LogP contribution in [0.4, 0.5) is 10.5 Å². The first kappa shape index (κ1) is 20.4. The van der Waals surface area contributed by atoms with Crippen molar-refractivity contribution in [1.82, 2.24) is 10.6 Å². The Kier molecular flexibility index (Phi) is 7.22. The summed E-state index contributed by atoms with van der Waals surface area (Å²) in [4.78, 5) is 35.6. The van der Waals surface area contributed by atoms with E-state index in [0.29, 0.717) is 30.3 Å². The summed E-state index contributed by atoms with van der Waals surface area (Å²) in [6.07, 6.45) is 2.34. The molecule has 1 aliphatic rings. The molecule has 29 heavy (non-hydrogen) atoms. The quantitative estimate of drug-likeness (QED) is 0.568. The van der Waals surface area contributed by atoms with E-state index in [1.807, 2.05) is 30.3 Å². The number of hydrogen-bond donors (Lipinski definition) is 3. The van der Waals surface area contributed by atoms with Gasteiger partial charge in [0.1, 0.15) is 6.61 Å². The Morgan fingerprint density at radius 1 is 0.966 bits per heavy atom. The smallest absolute Gasteiger partial charge is 0.407 e. The third kappa shape index (κ3) is 7.29. The molecule has 3 N–H and O–H groups in total.